The topological polar surface area (TPSA) is 93.7 Å². The molecule has 0 saturated carbocycles. The first-order chi connectivity index (χ1) is 10.9. The van der Waals surface area contributed by atoms with Crippen molar-refractivity contribution in [3.8, 4) is 5.75 Å². The van der Waals surface area contributed by atoms with Gasteiger partial charge in [0.1, 0.15) is 11.8 Å². The van der Waals surface area contributed by atoms with E-state index in [1.54, 1.807) is 26.2 Å². The lowest BCUT2D eigenvalue weighted by Crippen LogP contribution is -2.46. The number of rotatable bonds is 10. The zero-order chi connectivity index (χ0) is 17.3. The zero-order valence-corrected chi connectivity index (χ0v) is 14.5. The van der Waals surface area contributed by atoms with Gasteiger partial charge in [-0.15, -0.1) is 0 Å². The van der Waals surface area contributed by atoms with Crippen molar-refractivity contribution < 1.29 is 22.7 Å². The molecule has 0 bridgehead atoms. The van der Waals surface area contributed by atoms with E-state index in [0.717, 1.165) is 0 Å². The summed E-state index contributed by atoms with van der Waals surface area (Å²) in [6.07, 6.45) is 1.02. The van der Waals surface area contributed by atoms with E-state index in [0.29, 0.717) is 31.7 Å². The van der Waals surface area contributed by atoms with Crippen LogP contribution in [-0.4, -0.2) is 47.7 Å². The maximum absolute atomic E-state index is 12.3. The van der Waals surface area contributed by atoms with Crippen LogP contribution in [0.15, 0.2) is 29.2 Å². The third-order valence-electron chi connectivity index (χ3n) is 3.22. The van der Waals surface area contributed by atoms with Crippen LogP contribution in [0.2, 0.25) is 0 Å². The van der Waals surface area contributed by atoms with Gasteiger partial charge >= 0.3 is 0 Å². The average molecular weight is 344 g/mol. The summed E-state index contributed by atoms with van der Waals surface area (Å²) < 4.78 is 37.0. The Bertz CT molecular complexity index is 586. The minimum Gasteiger partial charge on any atom is -0.497 e. The molecule has 1 rings (SSSR count). The van der Waals surface area contributed by atoms with Crippen molar-refractivity contribution >= 4 is 15.9 Å². The molecular formula is C15H24N2O5S. The second-order valence-corrected chi connectivity index (χ2v) is 6.61. The van der Waals surface area contributed by atoms with E-state index in [4.69, 9.17) is 9.47 Å². The Morgan fingerprint density at radius 3 is 2.39 bits per heavy atom. The van der Waals surface area contributed by atoms with Gasteiger partial charge in [0.05, 0.1) is 12.0 Å². The van der Waals surface area contributed by atoms with Crippen molar-refractivity contribution in [2.45, 2.75) is 30.7 Å². The maximum Gasteiger partial charge on any atom is 0.241 e. The predicted octanol–water partition coefficient (Wildman–Crippen LogP) is 0.905. The molecule has 1 unspecified atom stereocenters. The summed E-state index contributed by atoms with van der Waals surface area (Å²) in [5.74, 6) is 0.215. The van der Waals surface area contributed by atoms with E-state index >= 15 is 0 Å². The van der Waals surface area contributed by atoms with Gasteiger partial charge in [0.15, 0.2) is 0 Å². The molecule has 0 aromatic heterocycles. The second kappa shape index (κ2) is 9.49. The molecule has 2 N–H and O–H groups in total. The molecular weight excluding hydrogens is 320 g/mol. The largest absolute Gasteiger partial charge is 0.497 e. The number of ether oxygens (including phenoxy) is 2. The molecule has 0 saturated heterocycles. The van der Waals surface area contributed by atoms with Crippen LogP contribution in [0, 0.1) is 0 Å². The van der Waals surface area contributed by atoms with Crippen LogP contribution in [0.25, 0.3) is 0 Å². The lowest BCUT2D eigenvalue weighted by molar-refractivity contribution is -0.122. The van der Waals surface area contributed by atoms with E-state index in [2.05, 4.69) is 10.0 Å². The molecule has 0 aliphatic rings. The molecule has 0 heterocycles. The Hall–Kier alpha value is -1.64. The number of nitrogens with one attached hydrogen (secondary N) is 2. The molecule has 7 nitrogen and oxygen atoms in total. The van der Waals surface area contributed by atoms with Crippen molar-refractivity contribution in [2.75, 3.05) is 27.4 Å². The Morgan fingerprint density at radius 1 is 1.22 bits per heavy atom. The monoisotopic (exact) mass is 344 g/mol. The van der Waals surface area contributed by atoms with Gasteiger partial charge in [-0.25, -0.2) is 8.42 Å². The number of benzene rings is 1. The molecule has 0 radical (unpaired) electrons. The van der Waals surface area contributed by atoms with Crippen LogP contribution in [0.5, 0.6) is 5.75 Å². The van der Waals surface area contributed by atoms with Crippen LogP contribution in [0.3, 0.4) is 0 Å². The zero-order valence-electron chi connectivity index (χ0n) is 13.7. The van der Waals surface area contributed by atoms with Crippen molar-refractivity contribution in [2.24, 2.45) is 0 Å². The first-order valence-corrected chi connectivity index (χ1v) is 8.86. The Labute approximate surface area is 137 Å². The summed E-state index contributed by atoms with van der Waals surface area (Å²) in [7, 11) is -0.682. The molecule has 0 aliphatic carbocycles. The van der Waals surface area contributed by atoms with Gasteiger partial charge in [0, 0.05) is 20.3 Å². The molecule has 0 fully saturated rings. The smallest absolute Gasteiger partial charge is 0.241 e. The third kappa shape index (κ3) is 6.17. The van der Waals surface area contributed by atoms with Gasteiger partial charge in [-0.1, -0.05) is 6.92 Å². The summed E-state index contributed by atoms with van der Waals surface area (Å²) >= 11 is 0. The quantitative estimate of drug-likeness (QED) is 0.615. The number of sulfonamides is 1. The second-order valence-electron chi connectivity index (χ2n) is 4.90. The molecule has 1 atom stereocenters. The van der Waals surface area contributed by atoms with Crippen LogP contribution in [0.1, 0.15) is 19.8 Å². The fourth-order valence-corrected chi connectivity index (χ4v) is 3.16. The van der Waals surface area contributed by atoms with Crippen LogP contribution in [0.4, 0.5) is 0 Å². The number of methoxy groups -OCH3 is 2. The summed E-state index contributed by atoms with van der Waals surface area (Å²) in [5.41, 5.74) is 0. The first-order valence-electron chi connectivity index (χ1n) is 7.37. The number of amides is 1. The van der Waals surface area contributed by atoms with E-state index < -0.39 is 16.1 Å². The highest BCUT2D eigenvalue weighted by Gasteiger charge is 2.24. The van der Waals surface area contributed by atoms with Crippen molar-refractivity contribution in [3.63, 3.8) is 0 Å². The fourth-order valence-electron chi connectivity index (χ4n) is 1.88. The van der Waals surface area contributed by atoms with E-state index in [-0.39, 0.29) is 10.8 Å². The van der Waals surface area contributed by atoms with E-state index in [1.807, 2.05) is 0 Å². The van der Waals surface area contributed by atoms with Crippen molar-refractivity contribution in [1.29, 1.82) is 0 Å². The van der Waals surface area contributed by atoms with Gasteiger partial charge in [-0.3, -0.25) is 4.79 Å². The molecule has 23 heavy (non-hydrogen) atoms. The SMILES string of the molecule is CCC(NS(=O)(=O)c1ccc(OC)cc1)C(=O)NCCCOC. The highest BCUT2D eigenvalue weighted by molar-refractivity contribution is 7.89. The lowest BCUT2D eigenvalue weighted by Gasteiger charge is -2.17. The minimum absolute atomic E-state index is 0.0870. The summed E-state index contributed by atoms with van der Waals surface area (Å²) in [6.45, 7) is 2.72. The molecule has 1 aromatic rings. The number of carbonyl (C=O) groups excluding carboxylic acids is 1. The highest BCUT2D eigenvalue weighted by atomic mass is 32.2. The van der Waals surface area contributed by atoms with Crippen molar-refractivity contribution in [3.05, 3.63) is 24.3 Å². The highest BCUT2D eigenvalue weighted by Crippen LogP contribution is 2.15. The summed E-state index contributed by atoms with van der Waals surface area (Å²) in [5, 5.41) is 2.69. The molecule has 130 valence electrons. The van der Waals surface area contributed by atoms with Crippen LogP contribution < -0.4 is 14.8 Å². The Morgan fingerprint density at radius 2 is 1.87 bits per heavy atom. The maximum atomic E-state index is 12.3. The van der Waals surface area contributed by atoms with Gasteiger partial charge < -0.3 is 14.8 Å². The number of carbonyl (C=O) groups is 1. The van der Waals surface area contributed by atoms with E-state index in [9.17, 15) is 13.2 Å². The van der Waals surface area contributed by atoms with Gasteiger partial charge in [-0.05, 0) is 37.1 Å². The lowest BCUT2D eigenvalue weighted by atomic mass is 10.2. The van der Waals surface area contributed by atoms with Crippen LogP contribution >= 0.6 is 0 Å². The van der Waals surface area contributed by atoms with Gasteiger partial charge in [-0.2, -0.15) is 4.72 Å². The molecule has 0 aliphatic heterocycles. The molecule has 8 heteroatoms. The Kier molecular flexibility index (Phi) is 8.01. The molecule has 0 spiro atoms. The first kappa shape index (κ1) is 19.4. The molecule has 1 amide bonds. The molecule has 1 aromatic carbocycles. The normalized spacial score (nSPS) is 12.7. The van der Waals surface area contributed by atoms with Gasteiger partial charge in [0.25, 0.3) is 0 Å². The minimum atomic E-state index is -3.77. The number of hydrogen-bond acceptors (Lipinski definition) is 5. The van der Waals surface area contributed by atoms with Gasteiger partial charge in [0.2, 0.25) is 15.9 Å². The van der Waals surface area contributed by atoms with Crippen molar-refractivity contribution in [1.82, 2.24) is 10.0 Å². The van der Waals surface area contributed by atoms with E-state index in [1.165, 1.54) is 19.2 Å². The standard InChI is InChI=1S/C15H24N2O5S/c1-4-14(15(18)16-10-5-11-21-2)17-23(19,20)13-8-6-12(22-3)7-9-13/h6-9,14,17H,4-5,10-11H2,1-3H3,(H,16,18). The summed E-state index contributed by atoms with van der Waals surface area (Å²) in [4.78, 5) is 12.1. The summed E-state index contributed by atoms with van der Waals surface area (Å²) in [6, 6.07) is 5.17. The predicted molar refractivity (Wildman–Crippen MR) is 86.9 cm³/mol. The Balaban J connectivity index is 2.69. The third-order valence-corrected chi connectivity index (χ3v) is 4.70. The fraction of sp³-hybridized carbons (Fsp3) is 0.533. The van der Waals surface area contributed by atoms with Crippen LogP contribution in [-0.2, 0) is 19.6 Å². The average Bonchev–Trinajstić information content (AvgIpc) is 2.56. The number of hydrogen-bond donors (Lipinski definition) is 2.